The summed E-state index contributed by atoms with van der Waals surface area (Å²) >= 11 is 0. The van der Waals surface area contributed by atoms with Crippen molar-refractivity contribution < 1.29 is 4.79 Å². The van der Waals surface area contributed by atoms with E-state index in [9.17, 15) is 10.1 Å². The van der Waals surface area contributed by atoms with E-state index in [1.54, 1.807) is 24.5 Å². The Labute approximate surface area is 117 Å². The molecule has 1 aromatic heterocycles. The molecule has 1 aromatic carbocycles. The zero-order valence-corrected chi connectivity index (χ0v) is 11.0. The average Bonchev–Trinajstić information content (AvgIpc) is 2.96. The molecule has 0 saturated heterocycles. The quantitative estimate of drug-likeness (QED) is 0.799. The van der Waals surface area contributed by atoms with Crippen molar-refractivity contribution in [3.63, 3.8) is 0 Å². The number of aryl methyl sites for hydroxylation is 2. The van der Waals surface area contributed by atoms with E-state index >= 15 is 0 Å². The van der Waals surface area contributed by atoms with Crippen LogP contribution in [-0.2, 0) is 12.8 Å². The first kappa shape index (κ1) is 12.6. The summed E-state index contributed by atoms with van der Waals surface area (Å²) in [5, 5.41) is 9.31. The topological polar surface area (TPSA) is 53.8 Å². The zero-order chi connectivity index (χ0) is 13.9. The third-order valence-corrected chi connectivity index (χ3v) is 3.81. The Morgan fingerprint density at radius 2 is 1.90 bits per heavy atom. The van der Waals surface area contributed by atoms with Crippen LogP contribution in [0.25, 0.3) is 0 Å². The van der Waals surface area contributed by atoms with Gasteiger partial charge in [-0.1, -0.05) is 12.1 Å². The molecule has 0 amide bonds. The van der Waals surface area contributed by atoms with Gasteiger partial charge in [-0.05, 0) is 54.2 Å². The van der Waals surface area contributed by atoms with Crippen LogP contribution >= 0.6 is 0 Å². The van der Waals surface area contributed by atoms with E-state index in [2.05, 4.69) is 11.1 Å². The monoisotopic (exact) mass is 262 g/mol. The summed E-state index contributed by atoms with van der Waals surface area (Å²) in [7, 11) is 0. The Bertz CT molecular complexity index is 686. The molecule has 20 heavy (non-hydrogen) atoms. The molecule has 0 bridgehead atoms. The highest BCUT2D eigenvalue weighted by atomic mass is 16.1. The van der Waals surface area contributed by atoms with Crippen LogP contribution in [0, 0.1) is 11.3 Å². The number of rotatable bonds is 3. The number of aromatic nitrogens is 1. The molecule has 0 spiro atoms. The van der Waals surface area contributed by atoms with Gasteiger partial charge in [0.2, 0.25) is 0 Å². The van der Waals surface area contributed by atoms with E-state index in [-0.39, 0.29) is 5.78 Å². The first-order chi connectivity index (χ1) is 9.79. The van der Waals surface area contributed by atoms with Crippen molar-refractivity contribution in [2.75, 3.05) is 0 Å². The normalized spacial score (nSPS) is 14.3. The maximum absolute atomic E-state index is 12.5. The van der Waals surface area contributed by atoms with Crippen LogP contribution < -0.4 is 0 Å². The Morgan fingerprint density at radius 1 is 1.15 bits per heavy atom. The maximum Gasteiger partial charge on any atom is 0.184 e. The molecule has 1 aliphatic carbocycles. The molecule has 1 unspecified atom stereocenters. The highest BCUT2D eigenvalue weighted by molar-refractivity contribution is 6.02. The lowest BCUT2D eigenvalue weighted by Gasteiger charge is -2.09. The molecular weight excluding hydrogens is 248 g/mol. The molecule has 0 radical (unpaired) electrons. The smallest absolute Gasteiger partial charge is 0.184 e. The molecule has 0 N–H and O–H groups in total. The molecule has 0 fully saturated rings. The van der Waals surface area contributed by atoms with Crippen molar-refractivity contribution >= 4 is 5.78 Å². The molecular formula is C17H14N2O. The number of nitriles is 1. The third kappa shape index (κ3) is 2.21. The van der Waals surface area contributed by atoms with E-state index in [0.29, 0.717) is 11.1 Å². The van der Waals surface area contributed by atoms with Gasteiger partial charge in [-0.3, -0.25) is 9.78 Å². The second-order valence-corrected chi connectivity index (χ2v) is 5.04. The van der Waals surface area contributed by atoms with Crippen molar-refractivity contribution in [2.45, 2.75) is 25.2 Å². The average molecular weight is 262 g/mol. The van der Waals surface area contributed by atoms with E-state index in [1.807, 2.05) is 18.2 Å². The molecule has 0 saturated carbocycles. The van der Waals surface area contributed by atoms with Gasteiger partial charge in [-0.2, -0.15) is 5.26 Å². The van der Waals surface area contributed by atoms with Crippen molar-refractivity contribution in [1.82, 2.24) is 4.98 Å². The van der Waals surface area contributed by atoms with Crippen LogP contribution in [0.4, 0.5) is 0 Å². The molecule has 1 aliphatic rings. The fraction of sp³-hybridized carbons (Fsp3) is 0.235. The summed E-state index contributed by atoms with van der Waals surface area (Å²) in [5.74, 6) is -0.883. The summed E-state index contributed by atoms with van der Waals surface area (Å²) in [6.45, 7) is 0. The van der Waals surface area contributed by atoms with Gasteiger partial charge in [-0.15, -0.1) is 0 Å². The molecule has 1 heterocycles. The van der Waals surface area contributed by atoms with Gasteiger partial charge in [0, 0.05) is 18.0 Å². The molecule has 3 rings (SSSR count). The Balaban J connectivity index is 1.94. The lowest BCUT2D eigenvalue weighted by Crippen LogP contribution is -2.11. The number of carbonyl (C=O) groups excluding carboxylic acids is 1. The highest BCUT2D eigenvalue weighted by Crippen LogP contribution is 2.26. The first-order valence-electron chi connectivity index (χ1n) is 6.75. The summed E-state index contributed by atoms with van der Waals surface area (Å²) < 4.78 is 0. The van der Waals surface area contributed by atoms with Crippen LogP contribution in [0.15, 0.2) is 42.7 Å². The van der Waals surface area contributed by atoms with Crippen molar-refractivity contribution in [1.29, 1.82) is 5.26 Å². The minimum absolute atomic E-state index is 0.131. The number of pyridine rings is 1. The maximum atomic E-state index is 12.5. The number of Topliss-reactive ketones (excluding diaryl/α,β-unsaturated/α-hetero) is 1. The molecule has 3 nitrogen and oxygen atoms in total. The van der Waals surface area contributed by atoms with Crippen LogP contribution in [0.2, 0.25) is 0 Å². The van der Waals surface area contributed by atoms with Gasteiger partial charge in [0.25, 0.3) is 0 Å². The second kappa shape index (κ2) is 5.26. The third-order valence-electron chi connectivity index (χ3n) is 3.81. The van der Waals surface area contributed by atoms with E-state index in [1.165, 1.54) is 11.1 Å². The van der Waals surface area contributed by atoms with Crippen molar-refractivity contribution in [3.8, 4) is 6.07 Å². The van der Waals surface area contributed by atoms with Crippen molar-refractivity contribution in [3.05, 3.63) is 65.0 Å². The number of ketones is 1. The summed E-state index contributed by atoms with van der Waals surface area (Å²) in [4.78, 5) is 16.5. The van der Waals surface area contributed by atoms with Gasteiger partial charge in [0.05, 0.1) is 6.07 Å². The Hall–Kier alpha value is -2.47. The van der Waals surface area contributed by atoms with E-state index < -0.39 is 5.92 Å². The van der Waals surface area contributed by atoms with Gasteiger partial charge in [-0.25, -0.2) is 0 Å². The number of hydrogen-bond acceptors (Lipinski definition) is 3. The largest absolute Gasteiger partial charge is 0.292 e. The van der Waals surface area contributed by atoms with Gasteiger partial charge in [0.1, 0.15) is 5.92 Å². The lowest BCUT2D eigenvalue weighted by molar-refractivity contribution is 0.0979. The standard InChI is InChI=1S/C17H14N2O/c18-11-16(13-6-8-19-9-7-13)17(20)15-5-4-12-2-1-3-14(12)10-15/h4-10,16H,1-3H2. The molecule has 1 atom stereocenters. The van der Waals surface area contributed by atoms with Gasteiger partial charge >= 0.3 is 0 Å². The number of fused-ring (bicyclic) bond motifs is 1. The fourth-order valence-electron chi connectivity index (χ4n) is 2.73. The first-order valence-corrected chi connectivity index (χ1v) is 6.75. The van der Waals surface area contributed by atoms with Crippen LogP contribution in [0.5, 0.6) is 0 Å². The summed E-state index contributed by atoms with van der Waals surface area (Å²) in [6, 6.07) is 11.4. The van der Waals surface area contributed by atoms with E-state index in [0.717, 1.165) is 19.3 Å². The SMILES string of the molecule is N#CC(C(=O)c1ccc2c(c1)CCC2)c1ccncc1. The van der Waals surface area contributed by atoms with Crippen molar-refractivity contribution in [2.24, 2.45) is 0 Å². The van der Waals surface area contributed by atoms with Gasteiger partial charge in [0.15, 0.2) is 5.78 Å². The Kier molecular flexibility index (Phi) is 3.30. The van der Waals surface area contributed by atoms with Crippen LogP contribution in [0.1, 0.15) is 39.4 Å². The highest BCUT2D eigenvalue weighted by Gasteiger charge is 2.23. The number of benzene rings is 1. The molecule has 0 aliphatic heterocycles. The zero-order valence-electron chi connectivity index (χ0n) is 11.0. The Morgan fingerprint density at radius 3 is 2.65 bits per heavy atom. The van der Waals surface area contributed by atoms with E-state index in [4.69, 9.17) is 0 Å². The predicted octanol–water partition coefficient (Wildman–Crippen LogP) is 3.06. The van der Waals surface area contributed by atoms with Crippen LogP contribution in [-0.4, -0.2) is 10.8 Å². The lowest BCUT2D eigenvalue weighted by atomic mass is 9.91. The number of nitrogens with zero attached hydrogens (tertiary/aromatic N) is 2. The molecule has 2 aromatic rings. The minimum Gasteiger partial charge on any atom is -0.292 e. The molecule has 3 heteroatoms. The predicted molar refractivity (Wildman–Crippen MR) is 75.4 cm³/mol. The van der Waals surface area contributed by atoms with Crippen LogP contribution in [0.3, 0.4) is 0 Å². The molecule has 98 valence electrons. The number of hydrogen-bond donors (Lipinski definition) is 0. The fourth-order valence-corrected chi connectivity index (χ4v) is 2.73. The summed E-state index contributed by atoms with van der Waals surface area (Å²) in [5.41, 5.74) is 3.92. The summed E-state index contributed by atoms with van der Waals surface area (Å²) in [6.07, 6.45) is 6.49. The van der Waals surface area contributed by atoms with Gasteiger partial charge < -0.3 is 0 Å². The number of carbonyl (C=O) groups is 1. The minimum atomic E-state index is -0.752. The second-order valence-electron chi connectivity index (χ2n) is 5.04.